The largest absolute Gasteiger partial charge is 0.490 e. The Labute approximate surface area is 162 Å². The van der Waals surface area contributed by atoms with E-state index in [4.69, 9.17) is 15.6 Å². The molecule has 0 aliphatic heterocycles. The van der Waals surface area contributed by atoms with Gasteiger partial charge in [0, 0.05) is 18.1 Å². The van der Waals surface area contributed by atoms with E-state index in [0.29, 0.717) is 28.9 Å². The second-order valence-corrected chi connectivity index (χ2v) is 8.11. The Morgan fingerprint density at radius 3 is 2.03 bits per heavy atom. The van der Waals surface area contributed by atoms with Gasteiger partial charge in [-0.3, -0.25) is 0 Å². The highest BCUT2D eigenvalue weighted by Crippen LogP contribution is 3.02. The molecule has 0 fully saturated rings. The monoisotopic (exact) mass is 464 g/mol. The second kappa shape index (κ2) is 6.80. The number of alkyl halides is 3. The van der Waals surface area contributed by atoms with Crippen molar-refractivity contribution in [3.8, 4) is 5.69 Å². The summed E-state index contributed by atoms with van der Waals surface area (Å²) in [5.74, 6) is -2.76. The van der Waals surface area contributed by atoms with Crippen LogP contribution < -0.4 is 5.73 Å². The van der Waals surface area contributed by atoms with Crippen molar-refractivity contribution < 1.29 is 42.5 Å². The number of rotatable bonds is 3. The molecule has 0 aliphatic rings. The summed E-state index contributed by atoms with van der Waals surface area (Å²) in [6, 6.07) is 5.93. The van der Waals surface area contributed by atoms with Crippen LogP contribution in [-0.2, 0) is 11.3 Å². The highest BCUT2D eigenvalue weighted by molar-refractivity contribution is 8.45. The zero-order chi connectivity index (χ0) is 23.0. The highest BCUT2D eigenvalue weighted by Gasteiger charge is 2.65. The lowest BCUT2D eigenvalue weighted by molar-refractivity contribution is -0.192. The molecule has 0 aliphatic carbocycles. The van der Waals surface area contributed by atoms with E-state index in [-0.39, 0.29) is 12.2 Å². The molecule has 0 spiro atoms. The van der Waals surface area contributed by atoms with Crippen LogP contribution in [0.15, 0.2) is 47.5 Å². The van der Waals surface area contributed by atoms with E-state index >= 15 is 0 Å². The van der Waals surface area contributed by atoms with Crippen molar-refractivity contribution in [1.82, 2.24) is 14.8 Å². The number of carbonyl (C=O) groups is 1. The van der Waals surface area contributed by atoms with Gasteiger partial charge in [-0.15, -0.1) is 0 Å². The summed E-state index contributed by atoms with van der Waals surface area (Å²) in [5.41, 5.74) is 6.64. The molecule has 0 unspecified atom stereocenters. The topological polar surface area (TPSA) is 94.0 Å². The third-order valence-electron chi connectivity index (χ3n) is 3.48. The fourth-order valence-electron chi connectivity index (χ4n) is 2.19. The van der Waals surface area contributed by atoms with Gasteiger partial charge in [-0.05, 0) is 36.4 Å². The fraction of sp³-hybridized carbons (Fsp3) is 0.133. The first-order chi connectivity index (χ1) is 13.4. The Kier molecular flexibility index (Phi) is 5.29. The number of benzene rings is 1. The normalized spacial score (nSPS) is 14.4. The number of nitrogens with zero attached hydrogens (tertiary/aromatic N) is 3. The molecule has 3 N–H and O–H groups in total. The maximum Gasteiger partial charge on any atom is 0.490 e. The summed E-state index contributed by atoms with van der Waals surface area (Å²) in [6.45, 7) is 0.110. The SMILES string of the molecule is NCc1nn(-c2ccc(S(F)(F)(F)(F)F)cc2)c2ncccc12.O=C(O)C(F)(F)F. The smallest absolute Gasteiger partial charge is 0.475 e. The maximum absolute atomic E-state index is 12.7. The Morgan fingerprint density at radius 1 is 1.07 bits per heavy atom. The van der Waals surface area contributed by atoms with Crippen molar-refractivity contribution in [2.75, 3.05) is 0 Å². The summed E-state index contributed by atoms with van der Waals surface area (Å²) < 4.78 is 96.7. The zero-order valence-corrected chi connectivity index (χ0v) is 15.3. The van der Waals surface area contributed by atoms with Crippen LogP contribution in [0.4, 0.5) is 32.6 Å². The van der Waals surface area contributed by atoms with Crippen molar-refractivity contribution in [3.63, 3.8) is 0 Å². The van der Waals surface area contributed by atoms with E-state index in [1.165, 1.54) is 10.9 Å². The van der Waals surface area contributed by atoms with Gasteiger partial charge in [-0.2, -0.15) is 18.3 Å². The van der Waals surface area contributed by atoms with E-state index < -0.39 is 27.3 Å². The molecule has 3 aromatic rings. The van der Waals surface area contributed by atoms with Crippen molar-refractivity contribution >= 4 is 27.2 Å². The van der Waals surface area contributed by atoms with Crippen LogP contribution in [0.5, 0.6) is 0 Å². The van der Waals surface area contributed by atoms with E-state index in [9.17, 15) is 32.6 Å². The first kappa shape index (κ1) is 23.3. The number of pyridine rings is 1. The Balaban J connectivity index is 0.000000396. The van der Waals surface area contributed by atoms with E-state index in [0.717, 1.165) is 12.1 Å². The summed E-state index contributed by atoms with van der Waals surface area (Å²) in [7, 11) is -9.69. The zero-order valence-electron chi connectivity index (χ0n) is 14.5. The van der Waals surface area contributed by atoms with Crippen LogP contribution in [-0.4, -0.2) is 32.0 Å². The Bertz CT molecular complexity index is 1080. The number of nitrogens with two attached hydrogens (primary N) is 1. The minimum Gasteiger partial charge on any atom is -0.475 e. The average Bonchev–Trinajstić information content (AvgIpc) is 2.98. The molecule has 0 amide bonds. The number of hydrogen-bond donors (Lipinski definition) is 2. The molecule has 0 saturated carbocycles. The average molecular weight is 464 g/mol. The molecule has 0 atom stereocenters. The molecule has 6 nitrogen and oxygen atoms in total. The van der Waals surface area contributed by atoms with Crippen molar-refractivity contribution in [1.29, 1.82) is 0 Å². The van der Waals surface area contributed by atoms with E-state index in [1.54, 1.807) is 12.1 Å². The third-order valence-corrected chi connectivity index (χ3v) is 4.64. The predicted molar refractivity (Wildman–Crippen MR) is 91.8 cm³/mol. The molecular weight excluding hydrogens is 452 g/mol. The standard InChI is InChI=1S/C13H11F5N4S.C2HF3O2/c14-23(15,16,17,18)10-5-3-9(4-6-10)22-13-11(2-1-7-20-13)12(8-19)21-22;3-2(4,5)1(6)7/h1-7H,8,19H2;(H,6,7). The highest BCUT2D eigenvalue weighted by atomic mass is 32.5. The number of fused-ring (bicyclic) bond motifs is 1. The quantitative estimate of drug-likeness (QED) is 0.522. The third kappa shape index (κ3) is 5.35. The van der Waals surface area contributed by atoms with Gasteiger partial charge in [-0.1, -0.05) is 19.4 Å². The van der Waals surface area contributed by atoms with Gasteiger partial charge in [0.15, 0.2) is 5.65 Å². The molecule has 2 heterocycles. The lowest BCUT2D eigenvalue weighted by atomic mass is 10.2. The number of aliphatic carboxylic acids is 1. The van der Waals surface area contributed by atoms with Gasteiger partial charge in [0.2, 0.25) is 0 Å². The van der Waals surface area contributed by atoms with Crippen molar-refractivity contribution in [2.24, 2.45) is 5.73 Å². The summed E-state index contributed by atoms with van der Waals surface area (Å²) in [6.07, 6.45) is -3.59. The van der Waals surface area contributed by atoms with E-state index in [2.05, 4.69) is 10.1 Å². The summed E-state index contributed by atoms with van der Waals surface area (Å²) >= 11 is 0. The molecule has 0 radical (unpaired) electrons. The van der Waals surface area contributed by atoms with Crippen LogP contribution in [0.1, 0.15) is 5.69 Å². The Hall–Kier alpha value is -2.94. The first-order valence-corrected chi connectivity index (χ1v) is 9.56. The van der Waals surface area contributed by atoms with Gasteiger partial charge in [-0.25, -0.2) is 14.5 Å². The molecular formula is C15H12F8N4O2S. The molecule has 166 valence electrons. The van der Waals surface area contributed by atoms with Crippen molar-refractivity contribution in [2.45, 2.75) is 17.6 Å². The number of aromatic nitrogens is 3. The van der Waals surface area contributed by atoms with E-state index in [1.807, 2.05) is 0 Å². The lowest BCUT2D eigenvalue weighted by Crippen LogP contribution is -2.21. The molecule has 30 heavy (non-hydrogen) atoms. The van der Waals surface area contributed by atoms with Crippen LogP contribution >= 0.6 is 10.2 Å². The Morgan fingerprint density at radius 2 is 1.60 bits per heavy atom. The molecule has 0 saturated heterocycles. The predicted octanol–water partition coefficient (Wildman–Crippen LogP) is 5.17. The second-order valence-electron chi connectivity index (χ2n) is 5.70. The minimum atomic E-state index is -9.69. The number of halogens is 8. The number of carboxylic acid groups (broad SMARTS) is 1. The van der Waals surface area contributed by atoms with Crippen LogP contribution in [0.2, 0.25) is 0 Å². The molecule has 0 bridgehead atoms. The minimum absolute atomic E-state index is 0.110. The molecule has 3 rings (SSSR count). The van der Waals surface area contributed by atoms with Gasteiger partial charge < -0.3 is 10.8 Å². The van der Waals surface area contributed by atoms with Gasteiger partial charge in [0.05, 0.1) is 11.4 Å². The van der Waals surface area contributed by atoms with Crippen molar-refractivity contribution in [3.05, 3.63) is 48.3 Å². The maximum atomic E-state index is 12.7. The molecule has 15 heteroatoms. The molecule has 1 aromatic carbocycles. The van der Waals surface area contributed by atoms with Gasteiger partial charge in [0.1, 0.15) is 4.90 Å². The summed E-state index contributed by atoms with van der Waals surface area (Å²) in [4.78, 5) is 11.1. The van der Waals surface area contributed by atoms with Gasteiger partial charge >= 0.3 is 22.4 Å². The van der Waals surface area contributed by atoms with Crippen LogP contribution in [0, 0.1) is 0 Å². The lowest BCUT2D eigenvalue weighted by Gasteiger charge is -2.40. The summed E-state index contributed by atoms with van der Waals surface area (Å²) in [5, 5.41) is 11.9. The fourth-order valence-corrected chi connectivity index (χ4v) is 2.84. The van der Waals surface area contributed by atoms with Crippen LogP contribution in [0.3, 0.4) is 0 Å². The van der Waals surface area contributed by atoms with Crippen LogP contribution in [0.25, 0.3) is 16.7 Å². The molecule has 2 aromatic heterocycles. The van der Waals surface area contributed by atoms with Gasteiger partial charge in [0.25, 0.3) is 0 Å². The number of carboxylic acids is 1. The first-order valence-electron chi connectivity index (χ1n) is 7.61. The number of hydrogen-bond acceptors (Lipinski definition) is 4.